The van der Waals surface area contributed by atoms with E-state index < -0.39 is 29.4 Å². The highest BCUT2D eigenvalue weighted by Gasteiger charge is 2.32. The molecular weight excluding hydrogens is 281 g/mol. The molecule has 2 rings (SSSR count). The molecule has 0 amide bonds. The lowest BCUT2D eigenvalue weighted by molar-refractivity contribution is -0.274. The van der Waals surface area contributed by atoms with Crippen molar-refractivity contribution < 1.29 is 26.7 Å². The van der Waals surface area contributed by atoms with Crippen molar-refractivity contribution in [2.24, 2.45) is 0 Å². The van der Waals surface area contributed by atoms with Crippen LogP contribution in [0.1, 0.15) is 0 Å². The van der Waals surface area contributed by atoms with E-state index in [1.807, 2.05) is 0 Å². The van der Waals surface area contributed by atoms with Crippen LogP contribution >= 0.6 is 0 Å². The zero-order valence-electron chi connectivity index (χ0n) is 9.84. The van der Waals surface area contributed by atoms with Crippen molar-refractivity contribution in [3.8, 4) is 16.9 Å². The summed E-state index contributed by atoms with van der Waals surface area (Å²) in [5.74, 6) is -2.49. The largest absolute Gasteiger partial charge is 0.573 e. The minimum absolute atomic E-state index is 0.221. The van der Waals surface area contributed by atoms with Gasteiger partial charge in [0.15, 0.2) is 0 Å². The van der Waals surface area contributed by atoms with Crippen molar-refractivity contribution in [3.63, 3.8) is 0 Å². The first-order valence-electron chi connectivity index (χ1n) is 5.37. The summed E-state index contributed by atoms with van der Waals surface area (Å²) in [7, 11) is 0. The number of nitrogens with two attached hydrogens (primary N) is 1. The van der Waals surface area contributed by atoms with Crippen LogP contribution in [0.25, 0.3) is 11.1 Å². The average molecular weight is 289 g/mol. The van der Waals surface area contributed by atoms with Crippen LogP contribution in [-0.2, 0) is 0 Å². The van der Waals surface area contributed by atoms with E-state index in [1.54, 1.807) is 0 Å². The fourth-order valence-electron chi connectivity index (χ4n) is 1.67. The predicted octanol–water partition coefficient (Wildman–Crippen LogP) is 4.11. The van der Waals surface area contributed by atoms with Crippen LogP contribution in [0, 0.1) is 11.6 Å². The molecule has 0 aliphatic carbocycles. The lowest BCUT2D eigenvalue weighted by Gasteiger charge is -2.14. The number of hydrogen-bond acceptors (Lipinski definition) is 2. The second kappa shape index (κ2) is 4.99. The summed E-state index contributed by atoms with van der Waals surface area (Å²) in [6.07, 6.45) is -4.93. The lowest BCUT2D eigenvalue weighted by Crippen LogP contribution is -2.17. The lowest BCUT2D eigenvalue weighted by atomic mass is 10.0. The van der Waals surface area contributed by atoms with E-state index in [4.69, 9.17) is 5.73 Å². The third-order valence-electron chi connectivity index (χ3n) is 2.49. The van der Waals surface area contributed by atoms with Crippen LogP contribution in [0.15, 0.2) is 36.4 Å². The smallest absolute Gasteiger partial charge is 0.405 e. The summed E-state index contributed by atoms with van der Waals surface area (Å²) < 4.78 is 67.7. The Morgan fingerprint density at radius 1 is 0.900 bits per heavy atom. The Morgan fingerprint density at radius 2 is 1.55 bits per heavy atom. The van der Waals surface area contributed by atoms with E-state index in [2.05, 4.69) is 4.74 Å². The Hall–Kier alpha value is -2.31. The van der Waals surface area contributed by atoms with Gasteiger partial charge in [0, 0.05) is 17.2 Å². The Morgan fingerprint density at radius 3 is 2.20 bits per heavy atom. The second-order valence-electron chi connectivity index (χ2n) is 3.90. The van der Waals surface area contributed by atoms with Crippen molar-refractivity contribution in [2.75, 3.05) is 5.73 Å². The number of benzene rings is 2. The molecule has 0 bridgehead atoms. The van der Waals surface area contributed by atoms with Gasteiger partial charge in [0.2, 0.25) is 0 Å². The van der Waals surface area contributed by atoms with Crippen LogP contribution < -0.4 is 10.5 Å². The van der Waals surface area contributed by atoms with Crippen molar-refractivity contribution in [3.05, 3.63) is 48.0 Å². The molecule has 0 aliphatic heterocycles. The number of alkyl halides is 3. The quantitative estimate of drug-likeness (QED) is 0.667. The van der Waals surface area contributed by atoms with Crippen LogP contribution in [0.4, 0.5) is 27.6 Å². The monoisotopic (exact) mass is 289 g/mol. The molecule has 0 fully saturated rings. The topological polar surface area (TPSA) is 35.2 Å². The van der Waals surface area contributed by atoms with Gasteiger partial charge >= 0.3 is 6.36 Å². The van der Waals surface area contributed by atoms with Gasteiger partial charge in [-0.05, 0) is 12.1 Å². The fraction of sp³-hybridized carbons (Fsp3) is 0.0769. The number of rotatable bonds is 2. The molecule has 2 nitrogen and oxygen atoms in total. The summed E-state index contributed by atoms with van der Waals surface area (Å²) in [4.78, 5) is 0. The van der Waals surface area contributed by atoms with Gasteiger partial charge in [0.25, 0.3) is 0 Å². The Labute approximate surface area is 110 Å². The molecule has 0 atom stereocenters. The average Bonchev–Trinajstić information content (AvgIpc) is 2.33. The number of ether oxygens (including phenoxy) is 1. The minimum Gasteiger partial charge on any atom is -0.405 e. The molecule has 20 heavy (non-hydrogen) atoms. The maximum Gasteiger partial charge on any atom is 0.573 e. The van der Waals surface area contributed by atoms with Gasteiger partial charge in [-0.3, -0.25) is 0 Å². The van der Waals surface area contributed by atoms with E-state index in [9.17, 15) is 22.0 Å². The normalized spacial score (nSPS) is 11.4. The van der Waals surface area contributed by atoms with E-state index >= 15 is 0 Å². The summed E-state index contributed by atoms with van der Waals surface area (Å²) in [6.45, 7) is 0. The molecule has 2 aromatic rings. The molecular formula is C13H8F5NO. The molecule has 7 heteroatoms. The molecule has 106 valence electrons. The zero-order chi connectivity index (χ0) is 14.9. The second-order valence-corrected chi connectivity index (χ2v) is 3.90. The highest BCUT2D eigenvalue weighted by molar-refractivity contribution is 5.72. The van der Waals surface area contributed by atoms with Crippen LogP contribution in [-0.4, -0.2) is 6.36 Å². The van der Waals surface area contributed by atoms with Crippen molar-refractivity contribution in [2.45, 2.75) is 6.36 Å². The van der Waals surface area contributed by atoms with Crippen molar-refractivity contribution in [1.82, 2.24) is 0 Å². The number of anilines is 1. The predicted molar refractivity (Wildman–Crippen MR) is 62.9 cm³/mol. The molecule has 0 spiro atoms. The molecule has 0 saturated carbocycles. The summed E-state index contributed by atoms with van der Waals surface area (Å²) in [5, 5.41) is 0. The maximum absolute atomic E-state index is 13.7. The Balaban J connectivity index is 2.56. The SMILES string of the molecule is Nc1cc(F)c(-c2ccccc2OC(F)(F)F)cc1F. The highest BCUT2D eigenvalue weighted by atomic mass is 19.4. The van der Waals surface area contributed by atoms with E-state index in [1.165, 1.54) is 18.2 Å². The first kappa shape index (κ1) is 14.1. The molecule has 0 aliphatic rings. The molecule has 0 aromatic heterocycles. The fourth-order valence-corrected chi connectivity index (χ4v) is 1.67. The number of nitrogen functional groups attached to an aromatic ring is 1. The summed E-state index contributed by atoms with van der Waals surface area (Å²) in [6, 6.07) is 6.30. The van der Waals surface area contributed by atoms with E-state index in [0.717, 1.165) is 12.1 Å². The van der Waals surface area contributed by atoms with Crippen molar-refractivity contribution >= 4 is 5.69 Å². The third-order valence-corrected chi connectivity index (χ3v) is 2.49. The van der Waals surface area contributed by atoms with E-state index in [0.29, 0.717) is 6.07 Å². The number of hydrogen-bond donors (Lipinski definition) is 1. The molecule has 2 N–H and O–H groups in total. The van der Waals surface area contributed by atoms with Gasteiger partial charge in [-0.1, -0.05) is 18.2 Å². The first-order chi connectivity index (χ1) is 9.28. The van der Waals surface area contributed by atoms with E-state index in [-0.39, 0.29) is 11.1 Å². The van der Waals surface area contributed by atoms with Crippen molar-refractivity contribution in [1.29, 1.82) is 0 Å². The Kier molecular flexibility index (Phi) is 3.52. The molecule has 2 aromatic carbocycles. The molecule has 0 saturated heterocycles. The van der Waals surface area contributed by atoms with Gasteiger partial charge < -0.3 is 10.5 Å². The third kappa shape index (κ3) is 2.98. The van der Waals surface area contributed by atoms with Crippen LogP contribution in [0.5, 0.6) is 5.75 Å². The van der Waals surface area contributed by atoms with Crippen LogP contribution in [0.2, 0.25) is 0 Å². The molecule has 0 unspecified atom stereocenters. The van der Waals surface area contributed by atoms with Gasteiger partial charge in [-0.15, -0.1) is 13.2 Å². The molecule has 0 heterocycles. The first-order valence-corrected chi connectivity index (χ1v) is 5.37. The standard InChI is InChI=1S/C13H8F5NO/c14-9-6-11(19)10(15)5-8(9)7-3-1-2-4-12(7)20-13(16,17)18/h1-6H,19H2. The van der Waals surface area contributed by atoms with Crippen LogP contribution in [0.3, 0.4) is 0 Å². The van der Waals surface area contributed by atoms with Gasteiger partial charge in [-0.2, -0.15) is 0 Å². The number of halogens is 5. The summed E-state index contributed by atoms with van der Waals surface area (Å²) in [5.41, 5.74) is 4.17. The highest BCUT2D eigenvalue weighted by Crippen LogP contribution is 2.36. The molecule has 0 radical (unpaired) electrons. The summed E-state index contributed by atoms with van der Waals surface area (Å²) >= 11 is 0. The maximum atomic E-state index is 13.7. The number of para-hydroxylation sites is 1. The van der Waals surface area contributed by atoms with Gasteiger partial charge in [-0.25, -0.2) is 8.78 Å². The zero-order valence-corrected chi connectivity index (χ0v) is 9.84. The van der Waals surface area contributed by atoms with Gasteiger partial charge in [0.05, 0.1) is 5.69 Å². The minimum atomic E-state index is -4.93. The van der Waals surface area contributed by atoms with Gasteiger partial charge in [0.1, 0.15) is 17.4 Å². The Bertz CT molecular complexity index is 639.